The summed E-state index contributed by atoms with van der Waals surface area (Å²) in [5.41, 5.74) is 7.54. The minimum Gasteiger partial charge on any atom is -0.508 e. The second-order valence-electron chi connectivity index (χ2n) is 12.1. The summed E-state index contributed by atoms with van der Waals surface area (Å²) in [4.78, 5) is 29.5. The third kappa shape index (κ3) is 10.2. The number of anilines is 1. The Morgan fingerprint density at radius 2 is 1.79 bits per heavy atom. The standard InChI is InChI=1S/C36H47N3O9/c1-20-16-26-31(38-15-14-24-10-12-25(40)13-11-24)28(41)19-27(33(26)43)39-35(44)21(2)8-7-9-29(46-5)34(48-36(37)45)23(4)18-22(3)32(42)30(17-20)47-6/h7-13,15,18-20,22,29-30,32,34,40-43H,14,16-17H2,1-6H3,(H2,37,45)(H,39,44)/b9-7?,21-8+,23-18?,38-15?. The van der Waals surface area contributed by atoms with E-state index in [1.165, 1.54) is 26.4 Å². The van der Waals surface area contributed by atoms with E-state index in [4.69, 9.17) is 19.9 Å². The van der Waals surface area contributed by atoms with Crippen LogP contribution < -0.4 is 11.1 Å². The zero-order chi connectivity index (χ0) is 35.5. The molecule has 2 aromatic carbocycles. The van der Waals surface area contributed by atoms with Gasteiger partial charge in [0.2, 0.25) is 0 Å². The van der Waals surface area contributed by atoms with Crippen LogP contribution in [0.15, 0.2) is 70.8 Å². The molecule has 6 atom stereocenters. The third-order valence-corrected chi connectivity index (χ3v) is 8.29. The molecular formula is C36H47N3O9. The molecule has 0 spiro atoms. The molecule has 0 saturated heterocycles. The van der Waals surface area contributed by atoms with Gasteiger partial charge >= 0.3 is 6.09 Å². The van der Waals surface area contributed by atoms with Crippen LogP contribution in [-0.2, 0) is 31.8 Å². The maximum absolute atomic E-state index is 13.2. The van der Waals surface area contributed by atoms with Gasteiger partial charge in [0, 0.05) is 50.0 Å². The van der Waals surface area contributed by atoms with Crippen molar-refractivity contribution >= 4 is 29.6 Å². The highest BCUT2D eigenvalue weighted by Gasteiger charge is 2.30. The van der Waals surface area contributed by atoms with Crippen molar-refractivity contribution in [3.8, 4) is 17.2 Å². The number of benzene rings is 2. The first-order valence-corrected chi connectivity index (χ1v) is 15.7. The Hall–Kier alpha value is -4.65. The van der Waals surface area contributed by atoms with Crippen molar-refractivity contribution in [1.29, 1.82) is 0 Å². The number of nitrogens with zero attached hydrogens (tertiary/aromatic N) is 1. The smallest absolute Gasteiger partial charge is 0.405 e. The Morgan fingerprint density at radius 1 is 1.10 bits per heavy atom. The number of hydrogen-bond donors (Lipinski definition) is 6. The number of aromatic hydroxyl groups is 3. The number of carbonyl (C=O) groups is 2. The summed E-state index contributed by atoms with van der Waals surface area (Å²) in [5.74, 6) is -1.56. The number of aliphatic hydroxyl groups is 1. The number of phenolic OH excluding ortho intramolecular Hbond substituents is 3. The van der Waals surface area contributed by atoms with E-state index in [-0.39, 0.29) is 46.5 Å². The molecule has 0 fully saturated rings. The molecule has 2 aromatic rings. The van der Waals surface area contributed by atoms with E-state index in [2.05, 4.69) is 10.3 Å². The lowest BCUT2D eigenvalue weighted by atomic mass is 9.87. The molecule has 12 nitrogen and oxygen atoms in total. The van der Waals surface area contributed by atoms with Gasteiger partial charge in [-0.05, 0) is 55.9 Å². The number of aliphatic imine (C=N–C) groups is 1. The molecule has 48 heavy (non-hydrogen) atoms. The monoisotopic (exact) mass is 665 g/mol. The number of allylic oxidation sites excluding steroid dienone is 2. The number of aliphatic hydroxyl groups excluding tert-OH is 1. The van der Waals surface area contributed by atoms with Crippen molar-refractivity contribution in [2.45, 2.75) is 71.4 Å². The summed E-state index contributed by atoms with van der Waals surface area (Å²) in [6.07, 6.45) is 4.70. The summed E-state index contributed by atoms with van der Waals surface area (Å²) in [6, 6.07) is 7.87. The zero-order valence-electron chi connectivity index (χ0n) is 28.2. The molecule has 12 heteroatoms. The summed E-state index contributed by atoms with van der Waals surface area (Å²) in [6.45, 7) is 7.04. The second kappa shape index (κ2) is 17.5. The Balaban J connectivity index is 2.10. The van der Waals surface area contributed by atoms with Crippen LogP contribution in [0.5, 0.6) is 17.2 Å². The molecule has 1 aliphatic heterocycles. The number of phenols is 3. The number of methoxy groups -OCH3 is 2. The Bertz CT molecular complexity index is 1550. The molecular weight excluding hydrogens is 618 g/mol. The number of fused-ring (bicyclic) bond motifs is 2. The highest BCUT2D eigenvalue weighted by Crippen LogP contribution is 2.44. The van der Waals surface area contributed by atoms with Gasteiger partial charge in [0.25, 0.3) is 5.91 Å². The first kappa shape index (κ1) is 37.8. The Morgan fingerprint density at radius 3 is 2.42 bits per heavy atom. The van der Waals surface area contributed by atoms with E-state index in [9.17, 15) is 30.0 Å². The van der Waals surface area contributed by atoms with Gasteiger partial charge in [0.05, 0.1) is 17.9 Å². The highest BCUT2D eigenvalue weighted by molar-refractivity contribution is 6.04. The topological polar surface area (TPSA) is 193 Å². The van der Waals surface area contributed by atoms with E-state index in [0.29, 0.717) is 24.0 Å². The molecule has 1 heterocycles. The van der Waals surface area contributed by atoms with Crippen molar-refractivity contribution in [3.63, 3.8) is 0 Å². The molecule has 0 aliphatic carbocycles. The van der Waals surface area contributed by atoms with Crippen LogP contribution in [0.1, 0.15) is 45.2 Å². The lowest BCUT2D eigenvalue weighted by molar-refractivity contribution is -0.112. The highest BCUT2D eigenvalue weighted by atomic mass is 16.6. The maximum atomic E-state index is 13.2. The molecule has 0 aromatic heterocycles. The van der Waals surface area contributed by atoms with Crippen LogP contribution in [0.3, 0.4) is 0 Å². The normalized spacial score (nSPS) is 25.6. The number of rotatable bonds is 6. The lowest BCUT2D eigenvalue weighted by Crippen LogP contribution is -2.37. The first-order valence-electron chi connectivity index (χ1n) is 15.7. The minimum atomic E-state index is -1.00. The molecule has 6 unspecified atom stereocenters. The summed E-state index contributed by atoms with van der Waals surface area (Å²) in [7, 11) is 2.94. The molecule has 1 aliphatic rings. The predicted octanol–water partition coefficient (Wildman–Crippen LogP) is 5.21. The lowest BCUT2D eigenvalue weighted by Gasteiger charge is -2.29. The fourth-order valence-electron chi connectivity index (χ4n) is 5.61. The molecule has 3 rings (SSSR count). The van der Waals surface area contributed by atoms with Gasteiger partial charge in [-0.3, -0.25) is 9.79 Å². The van der Waals surface area contributed by atoms with E-state index >= 15 is 0 Å². The molecule has 7 N–H and O–H groups in total. The molecule has 0 saturated carbocycles. The van der Waals surface area contributed by atoms with Crippen LogP contribution in [0.2, 0.25) is 0 Å². The SMILES string of the molecule is COC1C=C/C=C(\C)C(=O)Nc2cc(O)c(N=CCc3ccc(O)cc3)c(c2O)CC(C)CC(OC)C(O)C(C)C=C(C)C1OC(N)=O. The average molecular weight is 666 g/mol. The first-order chi connectivity index (χ1) is 22.7. The van der Waals surface area contributed by atoms with Gasteiger partial charge < -0.3 is 45.7 Å². The Labute approximate surface area is 281 Å². The number of carbonyl (C=O) groups excluding carboxylic acids is 2. The third-order valence-electron chi connectivity index (χ3n) is 8.29. The van der Waals surface area contributed by atoms with Crippen LogP contribution in [0.4, 0.5) is 16.2 Å². The van der Waals surface area contributed by atoms with Crippen LogP contribution in [-0.4, -0.2) is 77.3 Å². The van der Waals surface area contributed by atoms with Crippen molar-refractivity contribution in [2.24, 2.45) is 22.6 Å². The number of nitrogens with one attached hydrogen (secondary N) is 1. The van der Waals surface area contributed by atoms with Crippen molar-refractivity contribution in [1.82, 2.24) is 0 Å². The number of ether oxygens (including phenoxy) is 3. The number of nitrogens with two attached hydrogens (primary N) is 1. The van der Waals surface area contributed by atoms with Gasteiger partial charge in [0.1, 0.15) is 29.0 Å². The molecule has 260 valence electrons. The maximum Gasteiger partial charge on any atom is 0.405 e. The quantitative estimate of drug-likeness (QED) is 0.104. The van der Waals surface area contributed by atoms with Gasteiger partial charge in [-0.15, -0.1) is 0 Å². The molecule has 0 radical (unpaired) electrons. The minimum absolute atomic E-state index is 0.00621. The fourth-order valence-corrected chi connectivity index (χ4v) is 5.61. The van der Waals surface area contributed by atoms with Gasteiger partial charge in [-0.25, -0.2) is 4.79 Å². The zero-order valence-corrected chi connectivity index (χ0v) is 28.2. The van der Waals surface area contributed by atoms with Crippen molar-refractivity contribution in [2.75, 3.05) is 19.5 Å². The largest absolute Gasteiger partial charge is 0.508 e. The number of primary amides is 1. The van der Waals surface area contributed by atoms with E-state index in [1.54, 1.807) is 62.6 Å². The van der Waals surface area contributed by atoms with Crippen LogP contribution in [0.25, 0.3) is 0 Å². The second-order valence-corrected chi connectivity index (χ2v) is 12.1. The predicted molar refractivity (Wildman–Crippen MR) is 184 cm³/mol. The fraction of sp³-hybridized carbons (Fsp3) is 0.417. The summed E-state index contributed by atoms with van der Waals surface area (Å²) in [5, 5.41) is 46.1. The van der Waals surface area contributed by atoms with E-state index < -0.39 is 42.3 Å². The summed E-state index contributed by atoms with van der Waals surface area (Å²) >= 11 is 0. The van der Waals surface area contributed by atoms with Gasteiger partial charge in [0.15, 0.2) is 6.10 Å². The Kier molecular flexibility index (Phi) is 13.8. The van der Waals surface area contributed by atoms with Crippen molar-refractivity contribution < 1.29 is 44.2 Å². The number of amides is 2. The van der Waals surface area contributed by atoms with E-state index in [1.807, 2.05) is 13.8 Å². The van der Waals surface area contributed by atoms with Crippen LogP contribution >= 0.6 is 0 Å². The number of hydrogen-bond acceptors (Lipinski definition) is 10. The average Bonchev–Trinajstić information content (AvgIpc) is 3.04. The summed E-state index contributed by atoms with van der Waals surface area (Å²) < 4.78 is 16.7. The molecule has 2 amide bonds. The molecule has 2 bridgehead atoms. The van der Waals surface area contributed by atoms with Crippen LogP contribution in [0, 0.1) is 11.8 Å². The van der Waals surface area contributed by atoms with Gasteiger partial charge in [-0.2, -0.15) is 0 Å². The van der Waals surface area contributed by atoms with Gasteiger partial charge in [-0.1, -0.05) is 50.3 Å². The van der Waals surface area contributed by atoms with E-state index in [0.717, 1.165) is 5.56 Å². The van der Waals surface area contributed by atoms with Crippen molar-refractivity contribution in [3.05, 3.63) is 76.9 Å².